The molecule has 0 saturated carbocycles. The van der Waals surface area contributed by atoms with E-state index in [4.69, 9.17) is 4.74 Å². The van der Waals surface area contributed by atoms with Gasteiger partial charge in [0.2, 0.25) is 0 Å². The molecular formula is C14H16F3NO2. The van der Waals surface area contributed by atoms with Crippen LogP contribution in [0.3, 0.4) is 0 Å². The molecule has 1 aliphatic rings. The van der Waals surface area contributed by atoms with Crippen LogP contribution in [0.1, 0.15) is 31.9 Å². The Kier molecular flexibility index (Phi) is 3.44. The van der Waals surface area contributed by atoms with Crippen molar-refractivity contribution in [3.05, 3.63) is 35.1 Å². The fourth-order valence-electron chi connectivity index (χ4n) is 2.15. The second-order valence-electron chi connectivity index (χ2n) is 5.81. The Morgan fingerprint density at radius 3 is 2.60 bits per heavy atom. The minimum Gasteiger partial charge on any atom is -0.444 e. The van der Waals surface area contributed by atoms with Crippen molar-refractivity contribution in [1.82, 2.24) is 4.90 Å². The third-order valence-electron chi connectivity index (χ3n) is 2.87. The highest BCUT2D eigenvalue weighted by Gasteiger charge is 2.44. The number of alkyl halides is 2. The van der Waals surface area contributed by atoms with E-state index in [2.05, 4.69) is 0 Å². The molecule has 0 N–H and O–H groups in total. The van der Waals surface area contributed by atoms with Crippen molar-refractivity contribution in [1.29, 1.82) is 0 Å². The van der Waals surface area contributed by atoms with Crippen molar-refractivity contribution in [3.63, 3.8) is 0 Å². The third-order valence-corrected chi connectivity index (χ3v) is 2.87. The summed E-state index contributed by atoms with van der Waals surface area (Å²) in [4.78, 5) is 12.8. The molecule has 0 radical (unpaired) electrons. The van der Waals surface area contributed by atoms with Gasteiger partial charge in [-0.15, -0.1) is 0 Å². The average molecular weight is 287 g/mol. The number of fused-ring (bicyclic) bond motifs is 1. The number of ether oxygens (including phenoxy) is 1. The molecule has 1 aliphatic heterocycles. The van der Waals surface area contributed by atoms with Crippen molar-refractivity contribution >= 4 is 6.09 Å². The topological polar surface area (TPSA) is 29.5 Å². The minimum absolute atomic E-state index is 0.0857. The van der Waals surface area contributed by atoms with Gasteiger partial charge in [-0.1, -0.05) is 12.1 Å². The smallest absolute Gasteiger partial charge is 0.410 e. The lowest BCUT2D eigenvalue weighted by Crippen LogP contribution is -2.46. The molecule has 3 nitrogen and oxygen atoms in total. The van der Waals surface area contributed by atoms with E-state index < -0.39 is 35.5 Å². The number of carbonyl (C=O) groups excluding carboxylic acids is 1. The quantitative estimate of drug-likeness (QED) is 0.728. The Hall–Kier alpha value is -1.72. The number of hydrogen-bond donors (Lipinski definition) is 0. The zero-order chi connectivity index (χ0) is 15.1. The van der Waals surface area contributed by atoms with Gasteiger partial charge in [0, 0.05) is 6.54 Å². The van der Waals surface area contributed by atoms with Gasteiger partial charge in [-0.3, -0.25) is 4.90 Å². The van der Waals surface area contributed by atoms with E-state index in [1.165, 1.54) is 12.1 Å². The molecule has 1 amide bonds. The Morgan fingerprint density at radius 2 is 2.00 bits per heavy atom. The summed E-state index contributed by atoms with van der Waals surface area (Å²) in [5.74, 6) is -4.37. The van der Waals surface area contributed by atoms with Gasteiger partial charge < -0.3 is 4.74 Å². The fraction of sp³-hybridized carbons (Fsp3) is 0.500. The number of halogens is 3. The van der Waals surface area contributed by atoms with E-state index in [1.807, 2.05) is 0 Å². The average Bonchev–Trinajstić information content (AvgIpc) is 2.24. The van der Waals surface area contributed by atoms with Crippen LogP contribution in [0.4, 0.5) is 18.0 Å². The summed E-state index contributed by atoms with van der Waals surface area (Å²) in [5.41, 5.74) is -1.29. The molecule has 0 aliphatic carbocycles. The zero-order valence-corrected chi connectivity index (χ0v) is 11.5. The number of carbonyl (C=O) groups is 1. The van der Waals surface area contributed by atoms with E-state index >= 15 is 0 Å². The summed E-state index contributed by atoms with van der Waals surface area (Å²) in [6, 6.07) is 3.74. The largest absolute Gasteiger partial charge is 0.444 e. The number of hydrogen-bond acceptors (Lipinski definition) is 2. The number of benzene rings is 1. The summed E-state index contributed by atoms with van der Waals surface area (Å²) in [6.45, 7) is 4.00. The predicted molar refractivity (Wildman–Crippen MR) is 66.9 cm³/mol. The first-order chi connectivity index (χ1) is 9.10. The maximum Gasteiger partial charge on any atom is 0.410 e. The van der Waals surface area contributed by atoms with Gasteiger partial charge >= 0.3 is 6.09 Å². The maximum atomic E-state index is 14.0. The van der Waals surface area contributed by atoms with Crippen molar-refractivity contribution < 1.29 is 22.7 Å². The lowest BCUT2D eigenvalue weighted by molar-refractivity contribution is -0.0615. The van der Waals surface area contributed by atoms with E-state index in [0.717, 1.165) is 11.0 Å². The Labute approximate surface area is 115 Å². The Morgan fingerprint density at radius 1 is 1.35 bits per heavy atom. The fourth-order valence-corrected chi connectivity index (χ4v) is 2.15. The summed E-state index contributed by atoms with van der Waals surface area (Å²) >= 11 is 0. The van der Waals surface area contributed by atoms with Gasteiger partial charge in [0.1, 0.15) is 11.4 Å². The molecule has 0 fully saturated rings. The first kappa shape index (κ1) is 14.7. The molecule has 0 saturated heterocycles. The molecular weight excluding hydrogens is 271 g/mol. The number of nitrogens with zero attached hydrogens (tertiary/aromatic N) is 1. The molecule has 1 heterocycles. The highest BCUT2D eigenvalue weighted by Crippen LogP contribution is 2.38. The monoisotopic (exact) mass is 287 g/mol. The van der Waals surface area contributed by atoms with Crippen molar-refractivity contribution in [2.45, 2.75) is 38.8 Å². The SMILES string of the molecule is CC(C)(C)OC(=O)N1Cc2cccc(F)c2C(F)(F)C1. The zero-order valence-electron chi connectivity index (χ0n) is 11.5. The van der Waals surface area contributed by atoms with Crippen molar-refractivity contribution in [3.8, 4) is 0 Å². The Bertz CT molecular complexity index is 538. The minimum atomic E-state index is -3.42. The lowest BCUT2D eigenvalue weighted by Gasteiger charge is -2.35. The predicted octanol–water partition coefficient (Wildman–Crippen LogP) is 3.67. The molecule has 0 spiro atoms. The van der Waals surface area contributed by atoms with Crippen LogP contribution in [0.15, 0.2) is 18.2 Å². The molecule has 0 atom stereocenters. The van der Waals surface area contributed by atoms with Gasteiger partial charge in [-0.25, -0.2) is 9.18 Å². The van der Waals surface area contributed by atoms with Crippen LogP contribution < -0.4 is 0 Å². The molecule has 0 unspecified atom stereocenters. The summed E-state index contributed by atoms with van der Waals surface area (Å²) in [7, 11) is 0. The summed E-state index contributed by atoms with van der Waals surface area (Å²) in [5, 5.41) is 0. The first-order valence-electron chi connectivity index (χ1n) is 6.24. The van der Waals surface area contributed by atoms with E-state index in [0.29, 0.717) is 0 Å². The third kappa shape index (κ3) is 2.89. The standard InChI is InChI=1S/C14H16F3NO2/c1-13(2,3)20-12(19)18-7-9-5-4-6-10(15)11(9)14(16,17)8-18/h4-6H,7-8H2,1-3H3. The van der Waals surface area contributed by atoms with Crippen LogP contribution in [0, 0.1) is 5.82 Å². The lowest BCUT2D eigenvalue weighted by atomic mass is 9.96. The van der Waals surface area contributed by atoms with E-state index in [9.17, 15) is 18.0 Å². The molecule has 6 heteroatoms. The second kappa shape index (κ2) is 4.68. The van der Waals surface area contributed by atoms with Gasteiger partial charge in [-0.05, 0) is 32.4 Å². The summed E-state index contributed by atoms with van der Waals surface area (Å²) in [6.07, 6.45) is -0.827. The van der Waals surface area contributed by atoms with Crippen LogP contribution in [-0.4, -0.2) is 23.1 Å². The van der Waals surface area contributed by atoms with Gasteiger partial charge in [-0.2, -0.15) is 8.78 Å². The van der Waals surface area contributed by atoms with E-state index in [1.54, 1.807) is 20.8 Å². The van der Waals surface area contributed by atoms with Crippen molar-refractivity contribution in [2.24, 2.45) is 0 Å². The van der Waals surface area contributed by atoms with Crippen LogP contribution in [0.25, 0.3) is 0 Å². The molecule has 2 rings (SSSR count). The number of amides is 1. The van der Waals surface area contributed by atoms with Gasteiger partial charge in [0.25, 0.3) is 5.92 Å². The van der Waals surface area contributed by atoms with Crippen LogP contribution in [-0.2, 0) is 17.2 Å². The second-order valence-corrected chi connectivity index (χ2v) is 5.81. The maximum absolute atomic E-state index is 14.0. The van der Waals surface area contributed by atoms with Crippen LogP contribution in [0.5, 0.6) is 0 Å². The molecule has 110 valence electrons. The first-order valence-corrected chi connectivity index (χ1v) is 6.24. The normalized spacial score (nSPS) is 17.6. The highest BCUT2D eigenvalue weighted by atomic mass is 19.3. The van der Waals surface area contributed by atoms with Gasteiger partial charge in [0.15, 0.2) is 0 Å². The van der Waals surface area contributed by atoms with E-state index in [-0.39, 0.29) is 12.1 Å². The molecule has 1 aromatic carbocycles. The molecule has 0 aromatic heterocycles. The Balaban J connectivity index is 2.29. The van der Waals surface area contributed by atoms with Crippen LogP contribution >= 0.6 is 0 Å². The van der Waals surface area contributed by atoms with Gasteiger partial charge in [0.05, 0.1) is 12.1 Å². The molecule has 1 aromatic rings. The molecule has 0 bridgehead atoms. The summed E-state index contributed by atoms with van der Waals surface area (Å²) < 4.78 is 46.7. The van der Waals surface area contributed by atoms with Crippen LogP contribution in [0.2, 0.25) is 0 Å². The molecule has 20 heavy (non-hydrogen) atoms. The highest BCUT2D eigenvalue weighted by molar-refractivity contribution is 5.69. The van der Waals surface area contributed by atoms with Crippen molar-refractivity contribution in [2.75, 3.05) is 6.54 Å². The number of rotatable bonds is 0.